The molecule has 2 saturated heterocycles. The summed E-state index contributed by atoms with van der Waals surface area (Å²) in [5.74, 6) is 1.65. The Morgan fingerprint density at radius 1 is 1.19 bits per heavy atom. The van der Waals surface area contributed by atoms with E-state index in [1.165, 1.54) is 6.08 Å². The summed E-state index contributed by atoms with van der Waals surface area (Å²) in [5, 5.41) is 6.29. The van der Waals surface area contributed by atoms with Gasteiger partial charge in [-0.1, -0.05) is 6.58 Å². The van der Waals surface area contributed by atoms with Gasteiger partial charge in [-0.05, 0) is 59.0 Å². The molecule has 0 spiro atoms. The van der Waals surface area contributed by atoms with Crippen molar-refractivity contribution in [2.75, 3.05) is 67.9 Å². The molecule has 0 saturated carbocycles. The maximum atomic E-state index is 12.3. The summed E-state index contributed by atoms with van der Waals surface area (Å²) in [6.45, 7) is 11.0. The van der Waals surface area contributed by atoms with Crippen LogP contribution in [0.4, 0.5) is 28.8 Å². The van der Waals surface area contributed by atoms with E-state index in [4.69, 9.17) is 14.5 Å². The molecule has 2 fully saturated rings. The summed E-state index contributed by atoms with van der Waals surface area (Å²) in [6.07, 6.45) is 5.11. The van der Waals surface area contributed by atoms with Crippen LogP contribution in [0, 0.1) is 0 Å². The van der Waals surface area contributed by atoms with Crippen LogP contribution in [0.3, 0.4) is 0 Å². The number of nitrogens with zero attached hydrogens (tertiary/aromatic N) is 5. The van der Waals surface area contributed by atoms with Gasteiger partial charge in [-0.3, -0.25) is 4.79 Å². The molecule has 2 unspecified atom stereocenters. The normalized spacial score (nSPS) is 20.6. The first-order valence-corrected chi connectivity index (χ1v) is 12.8. The van der Waals surface area contributed by atoms with Crippen molar-refractivity contribution in [1.82, 2.24) is 14.9 Å². The number of nitrogens with one attached hydrogen (secondary N) is 2. The first-order chi connectivity index (χ1) is 17.8. The van der Waals surface area contributed by atoms with Crippen LogP contribution in [0.15, 0.2) is 37.1 Å². The van der Waals surface area contributed by atoms with Crippen molar-refractivity contribution in [3.05, 3.63) is 37.1 Å². The lowest BCUT2D eigenvalue weighted by molar-refractivity contribution is -0.111. The molecule has 10 heteroatoms. The molecule has 2 N–H and O–H groups in total. The highest BCUT2D eigenvalue weighted by atomic mass is 16.5. The molecule has 4 rings (SSSR count). The minimum absolute atomic E-state index is 0.206. The molecule has 2 aromatic rings. The second kappa shape index (κ2) is 11.8. The quantitative estimate of drug-likeness (QED) is 0.519. The van der Waals surface area contributed by atoms with E-state index in [2.05, 4.69) is 64.8 Å². The number of benzene rings is 1. The van der Waals surface area contributed by atoms with Crippen molar-refractivity contribution in [3.8, 4) is 5.75 Å². The van der Waals surface area contributed by atoms with E-state index >= 15 is 0 Å². The van der Waals surface area contributed by atoms with E-state index in [9.17, 15) is 4.79 Å². The molecular weight excluding hydrogens is 470 g/mol. The third-order valence-electron chi connectivity index (χ3n) is 7.12. The largest absolute Gasteiger partial charge is 0.494 e. The zero-order chi connectivity index (χ0) is 26.5. The van der Waals surface area contributed by atoms with Gasteiger partial charge in [0.2, 0.25) is 11.9 Å². The second-order valence-corrected chi connectivity index (χ2v) is 9.95. The van der Waals surface area contributed by atoms with Gasteiger partial charge in [0.05, 0.1) is 49.5 Å². The standard InChI is InChI=1S/C27H39N7O3/c1-7-26(35)29-21-14-22(24(36-6)15-23(21)33-12-9-20(10-13-33)32(4)5)30-27-28-11-8-25(31-27)34-18(2)16-37-17-19(34)3/h7-8,11,14-15,18-20H,1,9-10,12-13,16-17H2,2-6H3,(H,29,35)(H,28,30,31). The van der Waals surface area contributed by atoms with Gasteiger partial charge in [0.15, 0.2) is 0 Å². The second-order valence-electron chi connectivity index (χ2n) is 9.95. The number of hydrogen-bond acceptors (Lipinski definition) is 9. The topological polar surface area (TPSA) is 95.1 Å². The number of methoxy groups -OCH3 is 1. The molecular formula is C27H39N7O3. The smallest absolute Gasteiger partial charge is 0.247 e. The van der Waals surface area contributed by atoms with Crippen LogP contribution in [0.25, 0.3) is 0 Å². The predicted octanol–water partition coefficient (Wildman–Crippen LogP) is 3.50. The van der Waals surface area contributed by atoms with E-state index < -0.39 is 0 Å². The van der Waals surface area contributed by atoms with Gasteiger partial charge < -0.3 is 34.8 Å². The van der Waals surface area contributed by atoms with Crippen molar-refractivity contribution in [2.45, 2.75) is 44.8 Å². The Labute approximate surface area is 219 Å². The first-order valence-electron chi connectivity index (χ1n) is 12.8. The first kappa shape index (κ1) is 26.7. The molecule has 2 atom stereocenters. The Balaban J connectivity index is 1.64. The van der Waals surface area contributed by atoms with E-state index in [1.54, 1.807) is 13.3 Å². The molecule has 37 heavy (non-hydrogen) atoms. The average molecular weight is 510 g/mol. The van der Waals surface area contributed by atoms with Gasteiger partial charge in [-0.2, -0.15) is 4.98 Å². The summed E-state index contributed by atoms with van der Waals surface area (Å²) >= 11 is 0. The van der Waals surface area contributed by atoms with Crippen LogP contribution < -0.4 is 25.2 Å². The summed E-state index contributed by atoms with van der Waals surface area (Å²) in [5.41, 5.74) is 2.26. The molecule has 0 bridgehead atoms. The van der Waals surface area contributed by atoms with Crippen molar-refractivity contribution in [2.24, 2.45) is 0 Å². The van der Waals surface area contributed by atoms with Crippen molar-refractivity contribution < 1.29 is 14.3 Å². The molecule has 10 nitrogen and oxygen atoms in total. The number of rotatable bonds is 8. The molecule has 1 aromatic carbocycles. The highest BCUT2D eigenvalue weighted by Gasteiger charge is 2.27. The number of amides is 1. The monoisotopic (exact) mass is 509 g/mol. The fraction of sp³-hybridized carbons (Fsp3) is 0.519. The third kappa shape index (κ3) is 6.14. The van der Waals surface area contributed by atoms with Crippen molar-refractivity contribution >= 4 is 34.7 Å². The molecule has 2 aliphatic rings. The van der Waals surface area contributed by atoms with Crippen LogP contribution in [0.5, 0.6) is 5.75 Å². The number of aromatic nitrogens is 2. The van der Waals surface area contributed by atoms with Gasteiger partial charge >= 0.3 is 0 Å². The van der Waals surface area contributed by atoms with E-state index in [0.29, 0.717) is 42.3 Å². The van der Waals surface area contributed by atoms with E-state index in [-0.39, 0.29) is 18.0 Å². The van der Waals surface area contributed by atoms with E-state index in [0.717, 1.165) is 37.4 Å². The minimum Gasteiger partial charge on any atom is -0.494 e. The highest BCUT2D eigenvalue weighted by molar-refractivity contribution is 6.02. The number of morpholine rings is 1. The van der Waals surface area contributed by atoms with Crippen LogP contribution in [-0.4, -0.2) is 86.4 Å². The predicted molar refractivity (Wildman–Crippen MR) is 148 cm³/mol. The molecule has 2 aliphatic heterocycles. The van der Waals surface area contributed by atoms with Gasteiger partial charge in [0, 0.05) is 31.4 Å². The number of carbonyl (C=O) groups is 1. The average Bonchev–Trinajstić information content (AvgIpc) is 2.89. The van der Waals surface area contributed by atoms with Crippen molar-refractivity contribution in [3.63, 3.8) is 0 Å². The highest BCUT2D eigenvalue weighted by Crippen LogP contribution is 2.39. The van der Waals surface area contributed by atoms with Crippen molar-refractivity contribution in [1.29, 1.82) is 0 Å². The SMILES string of the molecule is C=CC(=O)Nc1cc(Nc2nccc(N3C(C)COCC3C)n2)c(OC)cc1N1CCC(N(C)C)CC1. The Bertz CT molecular complexity index is 1090. The zero-order valence-electron chi connectivity index (χ0n) is 22.5. The Morgan fingerprint density at radius 3 is 2.51 bits per heavy atom. The Morgan fingerprint density at radius 2 is 1.89 bits per heavy atom. The number of hydrogen-bond donors (Lipinski definition) is 2. The minimum atomic E-state index is -0.269. The van der Waals surface area contributed by atoms with Crippen LogP contribution in [0.1, 0.15) is 26.7 Å². The van der Waals surface area contributed by atoms with Gasteiger partial charge in [-0.15, -0.1) is 0 Å². The fourth-order valence-electron chi connectivity index (χ4n) is 5.13. The summed E-state index contributed by atoms with van der Waals surface area (Å²) in [7, 11) is 5.88. The summed E-state index contributed by atoms with van der Waals surface area (Å²) in [4.78, 5) is 28.4. The number of piperidine rings is 1. The number of ether oxygens (including phenoxy) is 2. The maximum Gasteiger partial charge on any atom is 0.247 e. The molecule has 0 radical (unpaired) electrons. The zero-order valence-corrected chi connectivity index (χ0v) is 22.5. The van der Waals surface area contributed by atoms with Gasteiger partial charge in [-0.25, -0.2) is 4.98 Å². The lowest BCUT2D eigenvalue weighted by Gasteiger charge is -2.39. The van der Waals surface area contributed by atoms with Gasteiger partial charge in [0.25, 0.3) is 0 Å². The number of carbonyl (C=O) groups excluding carboxylic acids is 1. The fourth-order valence-corrected chi connectivity index (χ4v) is 5.13. The number of anilines is 5. The molecule has 0 aliphatic carbocycles. The lowest BCUT2D eigenvalue weighted by Crippen LogP contribution is -2.50. The molecule has 1 aromatic heterocycles. The molecule has 1 amide bonds. The van der Waals surface area contributed by atoms with E-state index in [1.807, 2.05) is 18.2 Å². The van der Waals surface area contributed by atoms with Gasteiger partial charge in [0.1, 0.15) is 11.6 Å². The molecule has 3 heterocycles. The summed E-state index contributed by atoms with van der Waals surface area (Å²) in [6, 6.07) is 6.72. The molecule has 200 valence electrons. The Kier molecular flexibility index (Phi) is 8.50. The van der Waals surface area contributed by atoms with Crippen LogP contribution in [0.2, 0.25) is 0 Å². The Hall–Kier alpha value is -3.37. The van der Waals surface area contributed by atoms with Crippen LogP contribution >= 0.6 is 0 Å². The summed E-state index contributed by atoms with van der Waals surface area (Å²) < 4.78 is 11.4. The maximum absolute atomic E-state index is 12.3. The van der Waals surface area contributed by atoms with Crippen LogP contribution in [-0.2, 0) is 9.53 Å². The lowest BCUT2D eigenvalue weighted by atomic mass is 10.0. The third-order valence-corrected chi connectivity index (χ3v) is 7.12.